The molecule has 0 aliphatic carbocycles. The third-order valence-corrected chi connectivity index (χ3v) is 9.73. The van der Waals surface area contributed by atoms with E-state index in [1.54, 1.807) is 18.0 Å². The lowest BCUT2D eigenvalue weighted by molar-refractivity contribution is -0.245. The van der Waals surface area contributed by atoms with Crippen LogP contribution >= 0.6 is 11.8 Å². The van der Waals surface area contributed by atoms with Crippen LogP contribution in [0.15, 0.2) is 157 Å². The molecular formula is C43H39N3O5S. The molecule has 0 spiro atoms. The van der Waals surface area contributed by atoms with Gasteiger partial charge < -0.3 is 30.0 Å². The first-order valence-corrected chi connectivity index (χ1v) is 18.2. The van der Waals surface area contributed by atoms with Gasteiger partial charge in [-0.15, -0.1) is 11.8 Å². The van der Waals surface area contributed by atoms with Gasteiger partial charge in [-0.25, -0.2) is 9.78 Å². The average molecular weight is 710 g/mol. The smallest absolute Gasteiger partial charge is 0.319 e. The van der Waals surface area contributed by atoms with Crippen LogP contribution in [0.5, 0.6) is 11.5 Å². The first kappa shape index (κ1) is 35.0. The molecule has 0 unspecified atom stereocenters. The molecule has 3 N–H and O–H groups in total. The number of benzene rings is 5. The van der Waals surface area contributed by atoms with Crippen LogP contribution < -0.4 is 15.4 Å². The van der Waals surface area contributed by atoms with Gasteiger partial charge in [-0.2, -0.15) is 0 Å². The summed E-state index contributed by atoms with van der Waals surface area (Å²) < 4.78 is 18.9. The first-order valence-electron chi connectivity index (χ1n) is 17.2. The Morgan fingerprint density at radius 3 is 2.25 bits per heavy atom. The van der Waals surface area contributed by atoms with Gasteiger partial charge in [-0.05, 0) is 82.4 Å². The monoisotopic (exact) mass is 709 g/mol. The van der Waals surface area contributed by atoms with Gasteiger partial charge in [0.05, 0.1) is 23.8 Å². The number of hydrogen-bond acceptors (Lipinski definition) is 7. The second kappa shape index (κ2) is 17.2. The molecule has 1 aliphatic heterocycles. The number of hydrogen-bond donors (Lipinski definition) is 3. The molecule has 2 amide bonds. The number of para-hydroxylation sites is 1. The zero-order valence-electron chi connectivity index (χ0n) is 28.4. The Morgan fingerprint density at radius 1 is 0.750 bits per heavy atom. The van der Waals surface area contributed by atoms with Crippen molar-refractivity contribution in [2.75, 3.05) is 11.1 Å². The number of aliphatic hydroxyl groups is 1. The van der Waals surface area contributed by atoms with Crippen LogP contribution in [0.1, 0.15) is 41.1 Å². The number of rotatable bonds is 12. The number of pyridine rings is 1. The van der Waals surface area contributed by atoms with Crippen molar-refractivity contribution in [1.29, 1.82) is 0 Å². The van der Waals surface area contributed by atoms with Crippen molar-refractivity contribution in [3.63, 3.8) is 0 Å². The van der Waals surface area contributed by atoms with E-state index < -0.39 is 6.29 Å². The van der Waals surface area contributed by atoms with Gasteiger partial charge >= 0.3 is 6.03 Å². The van der Waals surface area contributed by atoms with Crippen LogP contribution in [0.25, 0.3) is 11.1 Å². The van der Waals surface area contributed by atoms with E-state index in [-0.39, 0.29) is 24.8 Å². The number of ether oxygens (including phenoxy) is 3. The van der Waals surface area contributed by atoms with Crippen LogP contribution in [0.4, 0.5) is 10.5 Å². The molecule has 52 heavy (non-hydrogen) atoms. The molecule has 2 heterocycles. The van der Waals surface area contributed by atoms with Crippen LogP contribution in [0, 0.1) is 0 Å². The minimum atomic E-state index is -0.540. The fraction of sp³-hybridized carbons (Fsp3) is 0.163. The highest BCUT2D eigenvalue weighted by molar-refractivity contribution is 7.99. The predicted molar refractivity (Wildman–Crippen MR) is 204 cm³/mol. The number of amides is 2. The molecule has 0 saturated carbocycles. The number of aromatic nitrogens is 1. The molecule has 1 aliphatic rings. The fourth-order valence-electron chi connectivity index (χ4n) is 5.92. The van der Waals surface area contributed by atoms with Gasteiger partial charge in [0, 0.05) is 36.2 Å². The summed E-state index contributed by atoms with van der Waals surface area (Å²) in [5, 5.41) is 16.3. The summed E-state index contributed by atoms with van der Waals surface area (Å²) in [6.07, 6.45) is 1.76. The summed E-state index contributed by atoms with van der Waals surface area (Å²) >= 11 is 1.68. The second-order valence-corrected chi connectivity index (χ2v) is 13.4. The van der Waals surface area contributed by atoms with E-state index in [0.29, 0.717) is 24.4 Å². The predicted octanol–water partition coefficient (Wildman–Crippen LogP) is 9.69. The molecule has 0 radical (unpaired) electrons. The summed E-state index contributed by atoms with van der Waals surface area (Å²) in [6.45, 7) is 0.374. The Kier molecular flexibility index (Phi) is 11.6. The molecule has 7 rings (SSSR count). The van der Waals surface area contributed by atoms with Gasteiger partial charge in [-0.3, -0.25) is 0 Å². The fourth-order valence-corrected chi connectivity index (χ4v) is 6.80. The van der Waals surface area contributed by atoms with E-state index in [1.807, 2.05) is 109 Å². The highest BCUT2D eigenvalue weighted by Gasteiger charge is 2.32. The molecule has 262 valence electrons. The molecule has 1 fully saturated rings. The SMILES string of the molecule is O=C(NCc1cccc(-c2ccc([C@@H]3O[C@H](CSc4ccccn4)C[C@H](c4ccc(CO)cc4)O3)cc2)c1)Nc1ccc(Oc2ccccc2)cc1. The number of thioether (sulfide) groups is 1. The standard InChI is InChI=1S/C43H39N3O5S/c47-28-30-12-14-33(15-13-30)40-26-39(29-52-41-11-4-5-24-44-41)50-42(51-40)34-18-16-32(17-19-34)35-8-6-7-31(25-35)27-45-43(48)46-36-20-22-38(23-21-36)49-37-9-2-1-3-10-37/h1-25,39-40,42,47H,26-29H2,(H2,45,46,48)/t39-,40+,42+/m0/s1. The molecular weight excluding hydrogens is 671 g/mol. The normalized spacial score (nSPS) is 16.9. The highest BCUT2D eigenvalue weighted by Crippen LogP contribution is 2.40. The molecule has 9 heteroatoms. The van der Waals surface area contributed by atoms with Crippen molar-refractivity contribution in [2.24, 2.45) is 0 Å². The summed E-state index contributed by atoms with van der Waals surface area (Å²) in [7, 11) is 0. The Balaban J connectivity index is 0.968. The summed E-state index contributed by atoms with van der Waals surface area (Å²) in [5.74, 6) is 2.19. The third kappa shape index (κ3) is 9.45. The molecule has 5 aromatic carbocycles. The number of urea groups is 1. The zero-order valence-corrected chi connectivity index (χ0v) is 29.2. The first-order chi connectivity index (χ1) is 25.6. The number of nitrogens with one attached hydrogen (secondary N) is 2. The van der Waals surface area contributed by atoms with Gasteiger partial charge in [0.2, 0.25) is 0 Å². The maximum atomic E-state index is 12.7. The molecule has 1 saturated heterocycles. The summed E-state index contributed by atoms with van der Waals surface area (Å²) in [4.78, 5) is 17.1. The maximum absolute atomic E-state index is 12.7. The largest absolute Gasteiger partial charge is 0.457 e. The number of carbonyl (C=O) groups is 1. The van der Waals surface area contributed by atoms with E-state index >= 15 is 0 Å². The molecule has 6 aromatic rings. The number of nitrogens with zero attached hydrogens (tertiary/aromatic N) is 1. The lowest BCUT2D eigenvalue weighted by atomic mass is 9.99. The number of anilines is 1. The zero-order chi connectivity index (χ0) is 35.5. The van der Waals surface area contributed by atoms with E-state index in [0.717, 1.165) is 49.9 Å². The Bertz CT molecular complexity index is 2030. The van der Waals surface area contributed by atoms with Crippen molar-refractivity contribution in [3.05, 3.63) is 174 Å². The van der Waals surface area contributed by atoms with E-state index in [2.05, 4.69) is 52.0 Å². The average Bonchev–Trinajstić information content (AvgIpc) is 3.21. The van der Waals surface area contributed by atoms with E-state index in [9.17, 15) is 9.90 Å². The van der Waals surface area contributed by atoms with Crippen LogP contribution in [-0.2, 0) is 22.6 Å². The van der Waals surface area contributed by atoms with Gasteiger partial charge in [0.25, 0.3) is 0 Å². The lowest BCUT2D eigenvalue weighted by Crippen LogP contribution is -2.31. The molecule has 1 aromatic heterocycles. The molecule has 3 atom stereocenters. The summed E-state index contributed by atoms with van der Waals surface area (Å²) in [5.41, 5.74) is 6.58. The van der Waals surface area contributed by atoms with Crippen LogP contribution in [0.3, 0.4) is 0 Å². The van der Waals surface area contributed by atoms with Crippen molar-refractivity contribution in [2.45, 2.75) is 43.1 Å². The Labute approximate surface area is 307 Å². The Hall–Kier alpha value is -5.45. The van der Waals surface area contributed by atoms with E-state index in [1.165, 1.54) is 0 Å². The lowest BCUT2D eigenvalue weighted by Gasteiger charge is -2.36. The topological polar surface area (TPSA) is 102 Å². The third-order valence-electron chi connectivity index (χ3n) is 8.66. The number of carbonyl (C=O) groups excluding carboxylic acids is 1. The van der Waals surface area contributed by atoms with Gasteiger partial charge in [0.1, 0.15) is 11.5 Å². The Morgan fingerprint density at radius 2 is 1.50 bits per heavy atom. The van der Waals surface area contributed by atoms with Crippen molar-refractivity contribution < 1.29 is 24.1 Å². The number of aliphatic hydroxyl groups excluding tert-OH is 1. The molecule has 8 nitrogen and oxygen atoms in total. The van der Waals surface area contributed by atoms with Crippen molar-refractivity contribution in [1.82, 2.24) is 10.3 Å². The van der Waals surface area contributed by atoms with Crippen LogP contribution in [0.2, 0.25) is 0 Å². The molecule has 0 bridgehead atoms. The van der Waals surface area contributed by atoms with Gasteiger partial charge in [0.15, 0.2) is 6.29 Å². The van der Waals surface area contributed by atoms with Crippen LogP contribution in [-0.4, -0.2) is 28.0 Å². The van der Waals surface area contributed by atoms with Crippen molar-refractivity contribution in [3.8, 4) is 22.6 Å². The highest BCUT2D eigenvalue weighted by atomic mass is 32.2. The minimum absolute atomic E-state index is 0.00356. The summed E-state index contributed by atoms with van der Waals surface area (Å²) in [6, 6.07) is 46.7. The van der Waals surface area contributed by atoms with Crippen molar-refractivity contribution >= 4 is 23.5 Å². The maximum Gasteiger partial charge on any atom is 0.319 e. The second-order valence-electron chi connectivity index (χ2n) is 12.4. The van der Waals surface area contributed by atoms with E-state index in [4.69, 9.17) is 14.2 Å². The van der Waals surface area contributed by atoms with Gasteiger partial charge in [-0.1, -0.05) is 91.0 Å². The quantitative estimate of drug-likeness (QED) is 0.109. The minimum Gasteiger partial charge on any atom is -0.457 e.